The van der Waals surface area contributed by atoms with E-state index in [0.717, 1.165) is 49.8 Å². The zero-order chi connectivity index (χ0) is 20.5. The highest BCUT2D eigenvalue weighted by atomic mass is 16.2. The normalized spacial score (nSPS) is 23.1. The molecule has 4 rings (SSSR count). The van der Waals surface area contributed by atoms with Crippen LogP contribution in [0.1, 0.15) is 63.4 Å². The van der Waals surface area contributed by atoms with E-state index in [0.29, 0.717) is 19.4 Å². The maximum absolute atomic E-state index is 13.1. The maximum atomic E-state index is 13.1. The number of hydrogen-bond acceptors (Lipinski definition) is 3. The van der Waals surface area contributed by atoms with Gasteiger partial charge in [-0.05, 0) is 31.2 Å². The molecular formula is C23H31N3O3. The molecule has 1 aromatic rings. The molecule has 1 aromatic carbocycles. The van der Waals surface area contributed by atoms with Crippen LogP contribution in [0.5, 0.6) is 0 Å². The molecule has 6 nitrogen and oxygen atoms in total. The molecule has 2 aliphatic carbocycles. The number of rotatable bonds is 5. The van der Waals surface area contributed by atoms with Gasteiger partial charge in [-0.2, -0.15) is 0 Å². The predicted molar refractivity (Wildman–Crippen MR) is 110 cm³/mol. The Morgan fingerprint density at radius 2 is 1.59 bits per heavy atom. The number of nitrogens with zero attached hydrogens (tertiary/aromatic N) is 2. The van der Waals surface area contributed by atoms with Gasteiger partial charge in [0.15, 0.2) is 0 Å². The molecule has 1 saturated heterocycles. The summed E-state index contributed by atoms with van der Waals surface area (Å²) in [5, 5.41) is 3.03. The number of benzene rings is 1. The summed E-state index contributed by atoms with van der Waals surface area (Å²) < 4.78 is 0. The van der Waals surface area contributed by atoms with Gasteiger partial charge in [0.2, 0.25) is 5.91 Å². The molecule has 29 heavy (non-hydrogen) atoms. The van der Waals surface area contributed by atoms with Crippen LogP contribution in [0.25, 0.3) is 0 Å². The summed E-state index contributed by atoms with van der Waals surface area (Å²) in [6.07, 6.45) is 8.79. The fourth-order valence-electron chi connectivity index (χ4n) is 5.55. The first-order valence-corrected chi connectivity index (χ1v) is 10.9. The van der Waals surface area contributed by atoms with Gasteiger partial charge in [-0.25, -0.2) is 4.79 Å². The van der Waals surface area contributed by atoms with Gasteiger partial charge in [0, 0.05) is 19.0 Å². The third-order valence-corrected chi connectivity index (χ3v) is 7.36. The predicted octanol–water partition coefficient (Wildman–Crippen LogP) is 3.21. The summed E-state index contributed by atoms with van der Waals surface area (Å²) in [6.45, 7) is 0.363. The summed E-state index contributed by atoms with van der Waals surface area (Å²) in [6, 6.07) is 10.0. The fraction of sp³-hybridized carbons (Fsp3) is 0.609. The van der Waals surface area contributed by atoms with Crippen molar-refractivity contribution < 1.29 is 14.4 Å². The molecule has 0 unspecified atom stereocenters. The van der Waals surface area contributed by atoms with Gasteiger partial charge in [0.1, 0.15) is 12.1 Å². The highest BCUT2D eigenvalue weighted by Crippen LogP contribution is 2.41. The van der Waals surface area contributed by atoms with Crippen LogP contribution in [-0.2, 0) is 15.0 Å². The van der Waals surface area contributed by atoms with E-state index in [4.69, 9.17) is 0 Å². The minimum Gasteiger partial charge on any atom is -0.354 e. The third-order valence-electron chi connectivity index (χ3n) is 7.36. The first kappa shape index (κ1) is 19.9. The average molecular weight is 398 g/mol. The molecule has 1 N–H and O–H groups in total. The Bertz CT molecular complexity index is 780. The first-order chi connectivity index (χ1) is 14.0. The van der Waals surface area contributed by atoms with Crippen LogP contribution in [0.4, 0.5) is 4.79 Å². The molecule has 0 aromatic heterocycles. The van der Waals surface area contributed by atoms with E-state index < -0.39 is 5.54 Å². The highest BCUT2D eigenvalue weighted by molar-refractivity contribution is 6.08. The monoisotopic (exact) mass is 397 g/mol. The number of likely N-dealkylation sites (N-methyl/N-ethyl adjacent to an activating group) is 1. The summed E-state index contributed by atoms with van der Waals surface area (Å²) >= 11 is 0. The number of imide groups is 1. The van der Waals surface area contributed by atoms with E-state index in [1.807, 2.05) is 18.2 Å². The average Bonchev–Trinajstić information content (AvgIpc) is 3.30. The number of urea groups is 1. The first-order valence-electron chi connectivity index (χ1n) is 10.9. The molecule has 0 bridgehead atoms. The molecule has 6 heteroatoms. The smallest absolute Gasteiger partial charge is 0.327 e. The van der Waals surface area contributed by atoms with Gasteiger partial charge < -0.3 is 10.2 Å². The van der Waals surface area contributed by atoms with Crippen LogP contribution in [0.3, 0.4) is 0 Å². The number of carbonyl (C=O) groups excluding carboxylic acids is 3. The van der Waals surface area contributed by atoms with Crippen LogP contribution in [0.2, 0.25) is 0 Å². The lowest BCUT2D eigenvalue weighted by molar-refractivity contribution is -0.137. The molecule has 1 heterocycles. The highest BCUT2D eigenvalue weighted by Gasteiger charge is 2.55. The molecule has 1 aliphatic heterocycles. The second kappa shape index (κ2) is 7.81. The van der Waals surface area contributed by atoms with Crippen LogP contribution >= 0.6 is 0 Å². The Morgan fingerprint density at radius 3 is 2.24 bits per heavy atom. The number of hydrogen-bond donors (Lipinski definition) is 1. The molecule has 0 atom stereocenters. The van der Waals surface area contributed by atoms with Crippen molar-refractivity contribution >= 4 is 17.8 Å². The Hall–Kier alpha value is -2.37. The lowest BCUT2D eigenvalue weighted by atomic mass is 9.79. The van der Waals surface area contributed by atoms with Crippen LogP contribution in [-0.4, -0.2) is 53.3 Å². The third kappa shape index (κ3) is 3.43. The Morgan fingerprint density at radius 1 is 0.966 bits per heavy atom. The molecule has 156 valence electrons. The standard InChI is InChI=1S/C23H31N3O3/c1-25-21(29)26(20(28)23(25)14-6-3-7-15-23)16-19(27)24-17-22(12-8-9-13-22)18-10-4-2-5-11-18/h2,4-5,10-11H,3,6-9,12-17H2,1H3,(H,24,27). The van der Waals surface area contributed by atoms with Gasteiger partial charge in [-0.15, -0.1) is 0 Å². The number of amides is 4. The second-order valence-corrected chi connectivity index (χ2v) is 8.96. The van der Waals surface area contributed by atoms with E-state index >= 15 is 0 Å². The van der Waals surface area contributed by atoms with E-state index in [1.54, 1.807) is 11.9 Å². The largest absolute Gasteiger partial charge is 0.354 e. The minimum atomic E-state index is -0.730. The van der Waals surface area contributed by atoms with Gasteiger partial charge in [-0.1, -0.05) is 62.4 Å². The lowest BCUT2D eigenvalue weighted by Crippen LogP contribution is -2.50. The van der Waals surface area contributed by atoms with Gasteiger partial charge in [-0.3, -0.25) is 14.5 Å². The Balaban J connectivity index is 1.42. The SMILES string of the molecule is CN1C(=O)N(CC(=O)NCC2(c3ccccc3)CCCC2)C(=O)C12CCCCC2. The summed E-state index contributed by atoms with van der Waals surface area (Å²) in [4.78, 5) is 41.2. The molecule has 3 fully saturated rings. The van der Waals surface area contributed by atoms with E-state index in [2.05, 4.69) is 17.4 Å². The van der Waals surface area contributed by atoms with Gasteiger partial charge in [0.25, 0.3) is 5.91 Å². The summed E-state index contributed by atoms with van der Waals surface area (Å²) in [7, 11) is 1.70. The van der Waals surface area contributed by atoms with Crippen molar-refractivity contribution in [2.45, 2.75) is 68.7 Å². The van der Waals surface area contributed by atoms with Crippen molar-refractivity contribution in [1.29, 1.82) is 0 Å². The van der Waals surface area contributed by atoms with Crippen molar-refractivity contribution in [3.8, 4) is 0 Å². The zero-order valence-electron chi connectivity index (χ0n) is 17.3. The van der Waals surface area contributed by atoms with E-state index in [1.165, 1.54) is 5.56 Å². The Kier molecular flexibility index (Phi) is 5.36. The molecule has 0 radical (unpaired) electrons. The van der Waals surface area contributed by atoms with Crippen molar-refractivity contribution in [1.82, 2.24) is 15.1 Å². The molecular weight excluding hydrogens is 366 g/mol. The summed E-state index contributed by atoms with van der Waals surface area (Å²) in [5.74, 6) is -0.450. The number of nitrogens with one attached hydrogen (secondary N) is 1. The Labute approximate surface area is 172 Å². The second-order valence-electron chi connectivity index (χ2n) is 8.96. The molecule has 3 aliphatic rings. The molecule has 1 spiro atoms. The van der Waals surface area contributed by atoms with Crippen molar-refractivity contribution in [3.05, 3.63) is 35.9 Å². The topological polar surface area (TPSA) is 69.7 Å². The summed E-state index contributed by atoms with van der Waals surface area (Å²) in [5.41, 5.74) is 0.482. The van der Waals surface area contributed by atoms with Crippen molar-refractivity contribution in [2.75, 3.05) is 20.1 Å². The van der Waals surface area contributed by atoms with Crippen LogP contribution in [0.15, 0.2) is 30.3 Å². The van der Waals surface area contributed by atoms with E-state index in [9.17, 15) is 14.4 Å². The van der Waals surface area contributed by atoms with Crippen LogP contribution in [0, 0.1) is 0 Å². The van der Waals surface area contributed by atoms with E-state index in [-0.39, 0.29) is 29.8 Å². The van der Waals surface area contributed by atoms with Crippen molar-refractivity contribution in [2.24, 2.45) is 0 Å². The van der Waals surface area contributed by atoms with Gasteiger partial charge >= 0.3 is 6.03 Å². The quantitative estimate of drug-likeness (QED) is 0.776. The molecule has 2 saturated carbocycles. The fourth-order valence-corrected chi connectivity index (χ4v) is 5.55. The maximum Gasteiger partial charge on any atom is 0.327 e. The number of carbonyl (C=O) groups is 3. The minimum absolute atomic E-state index is 0.0443. The van der Waals surface area contributed by atoms with Crippen LogP contribution < -0.4 is 5.32 Å². The zero-order valence-corrected chi connectivity index (χ0v) is 17.3. The lowest BCUT2D eigenvalue weighted by Gasteiger charge is -2.35. The van der Waals surface area contributed by atoms with Gasteiger partial charge in [0.05, 0.1) is 0 Å². The molecule has 4 amide bonds. The van der Waals surface area contributed by atoms with Crippen molar-refractivity contribution in [3.63, 3.8) is 0 Å².